The third-order valence-corrected chi connectivity index (χ3v) is 15.1. The summed E-state index contributed by atoms with van der Waals surface area (Å²) in [5.41, 5.74) is 8.27. The van der Waals surface area contributed by atoms with E-state index in [2.05, 4.69) is 138 Å². The molecule has 11 aromatic rings. The van der Waals surface area contributed by atoms with E-state index < -0.39 is 7.14 Å². The zero-order valence-corrected chi connectivity index (χ0v) is 31.7. The summed E-state index contributed by atoms with van der Waals surface area (Å²) in [4.78, 5) is 5.20. The predicted octanol–water partition coefficient (Wildman–Crippen LogP) is 12.6. The first-order valence-corrected chi connectivity index (χ1v) is 21.1. The van der Waals surface area contributed by atoms with E-state index in [4.69, 9.17) is 4.98 Å². The first-order valence-electron chi connectivity index (χ1n) is 19.4. The Labute approximate surface area is 329 Å². The van der Waals surface area contributed by atoms with Crippen LogP contribution in [0, 0.1) is 0 Å². The topological polar surface area (TPSA) is 34.9 Å². The highest BCUT2D eigenvalue weighted by molar-refractivity contribution is 7.86. The number of imidazole rings is 1. The van der Waals surface area contributed by atoms with Crippen molar-refractivity contribution in [2.45, 2.75) is 0 Å². The minimum Gasteiger partial charge on any atom is -0.308 e. The van der Waals surface area contributed by atoms with Gasteiger partial charge in [0.15, 0.2) is 7.14 Å². The summed E-state index contributed by atoms with van der Waals surface area (Å²) in [6.07, 6.45) is 0. The lowest BCUT2D eigenvalue weighted by Gasteiger charge is -2.30. The quantitative estimate of drug-likeness (QED) is 0.102. The lowest BCUT2D eigenvalue weighted by molar-refractivity contribution is 0.592. The van der Waals surface area contributed by atoms with Crippen molar-refractivity contribution in [3.63, 3.8) is 0 Å². The fraction of sp³-hybridized carbons (Fsp3) is 0. The number of fused-ring (bicyclic) bond motifs is 7. The Morgan fingerprint density at radius 1 is 0.421 bits per heavy atom. The Hall–Kier alpha value is -7.06. The third kappa shape index (κ3) is 4.55. The Bertz CT molecular complexity index is 3440. The van der Waals surface area contributed by atoms with Crippen LogP contribution in [-0.4, -0.2) is 9.55 Å². The number of benzene rings is 10. The van der Waals surface area contributed by atoms with Gasteiger partial charge in [-0.1, -0.05) is 170 Å². The first kappa shape index (κ1) is 32.2. The van der Waals surface area contributed by atoms with Crippen LogP contribution in [-0.2, 0) is 4.57 Å². The van der Waals surface area contributed by atoms with Crippen molar-refractivity contribution >= 4 is 77.2 Å². The van der Waals surface area contributed by atoms with Gasteiger partial charge in [-0.05, 0) is 95.7 Å². The molecule has 4 heteroatoms. The molecule has 0 saturated heterocycles. The van der Waals surface area contributed by atoms with Gasteiger partial charge in [-0.15, -0.1) is 0 Å². The molecule has 1 aromatic heterocycles. The molecule has 0 fully saturated rings. The minimum atomic E-state index is -3.38. The van der Waals surface area contributed by atoms with Gasteiger partial charge < -0.3 is 4.57 Å². The average molecular weight is 745 g/mol. The fourth-order valence-corrected chi connectivity index (χ4v) is 12.6. The molecule has 0 amide bonds. The van der Waals surface area contributed by atoms with Crippen LogP contribution in [0.4, 0.5) is 0 Å². The molecule has 0 aliphatic carbocycles. The fourth-order valence-electron chi connectivity index (χ4n) is 9.54. The predicted molar refractivity (Wildman–Crippen MR) is 240 cm³/mol. The molecule has 1 unspecified atom stereocenters. The first-order chi connectivity index (χ1) is 28.2. The molecule has 0 radical (unpaired) electrons. The van der Waals surface area contributed by atoms with Crippen LogP contribution >= 0.6 is 7.14 Å². The van der Waals surface area contributed by atoms with Gasteiger partial charge in [-0.25, -0.2) is 4.98 Å². The Kier molecular flexibility index (Phi) is 6.90. The van der Waals surface area contributed by atoms with Crippen molar-refractivity contribution in [3.05, 3.63) is 200 Å². The van der Waals surface area contributed by atoms with Gasteiger partial charge >= 0.3 is 0 Å². The number of hydrogen-bond donors (Lipinski definition) is 0. The maximum atomic E-state index is 16.4. The Morgan fingerprint density at radius 2 is 1.00 bits per heavy atom. The minimum absolute atomic E-state index is 0.817. The Morgan fingerprint density at radius 3 is 1.70 bits per heavy atom. The largest absolute Gasteiger partial charge is 0.308 e. The van der Waals surface area contributed by atoms with Crippen molar-refractivity contribution < 1.29 is 4.57 Å². The molecule has 57 heavy (non-hydrogen) atoms. The van der Waals surface area contributed by atoms with E-state index in [0.717, 1.165) is 65.9 Å². The monoisotopic (exact) mass is 744 g/mol. The highest BCUT2D eigenvalue weighted by Gasteiger charge is 2.40. The van der Waals surface area contributed by atoms with Crippen LogP contribution in [0.15, 0.2) is 200 Å². The maximum absolute atomic E-state index is 16.4. The van der Waals surface area contributed by atoms with Gasteiger partial charge in [0.05, 0.1) is 16.7 Å². The molecule has 12 rings (SSSR count). The summed E-state index contributed by atoms with van der Waals surface area (Å²) in [6.45, 7) is 0. The van der Waals surface area contributed by atoms with Crippen LogP contribution < -0.4 is 15.9 Å². The molecule has 10 aromatic carbocycles. The molecule has 0 bridgehead atoms. The highest BCUT2D eigenvalue weighted by atomic mass is 31.2. The smallest absolute Gasteiger partial charge is 0.175 e. The second kappa shape index (κ2) is 12.2. The molecule has 3 nitrogen and oxygen atoms in total. The average Bonchev–Trinajstić information content (AvgIpc) is 3.68. The summed E-state index contributed by atoms with van der Waals surface area (Å²) < 4.78 is 18.6. The van der Waals surface area contributed by atoms with Crippen molar-refractivity contribution in [3.8, 4) is 39.3 Å². The van der Waals surface area contributed by atoms with Gasteiger partial charge in [0.1, 0.15) is 5.82 Å². The van der Waals surface area contributed by atoms with Gasteiger partial charge in [-0.2, -0.15) is 0 Å². The highest BCUT2D eigenvalue weighted by Crippen LogP contribution is 2.52. The molecule has 1 aliphatic rings. The molecule has 0 spiro atoms. The van der Waals surface area contributed by atoms with E-state index >= 15 is 4.57 Å². The van der Waals surface area contributed by atoms with E-state index in [-0.39, 0.29) is 0 Å². The van der Waals surface area contributed by atoms with Crippen LogP contribution in [0.1, 0.15) is 0 Å². The summed E-state index contributed by atoms with van der Waals surface area (Å²) in [7, 11) is -3.38. The van der Waals surface area contributed by atoms with Crippen molar-refractivity contribution in [2.75, 3.05) is 0 Å². The zero-order chi connectivity index (χ0) is 37.7. The van der Waals surface area contributed by atoms with Gasteiger partial charge in [0.25, 0.3) is 0 Å². The number of hydrogen-bond acceptors (Lipinski definition) is 2. The second-order valence-corrected chi connectivity index (χ2v) is 17.7. The number of rotatable bonds is 4. The van der Waals surface area contributed by atoms with Crippen LogP contribution in [0.5, 0.6) is 0 Å². The molecule has 0 N–H and O–H groups in total. The standard InChI is InChI=1S/C53H33N2OP/c56-57(37-19-5-2-6-20-37)48-29-15-28-46-52(48)55(53(54-46)34-16-3-1-4-17-34)47-31-30-36(33-49(47)57)50-41-24-11-13-26-43(41)51(44-27-14-12-25-42(44)50)45-32-35-18-7-8-21-38(35)39-22-9-10-23-40(39)45/h1-33H. The van der Waals surface area contributed by atoms with Crippen molar-refractivity contribution in [2.24, 2.45) is 0 Å². The van der Waals surface area contributed by atoms with E-state index in [0.29, 0.717) is 0 Å². The Balaban J connectivity index is 1.19. The molecular formula is C53H33N2OP. The van der Waals surface area contributed by atoms with Crippen molar-refractivity contribution in [1.82, 2.24) is 9.55 Å². The SMILES string of the molecule is O=P1(c2ccccc2)c2cc(-c3c4ccccc4c(-c4cc5ccccc5c5ccccc45)c4ccccc34)ccc2-n2c(-c3ccccc3)nc3cccc1c32. The molecule has 2 heterocycles. The number of para-hydroxylation sites is 1. The van der Waals surface area contributed by atoms with Crippen LogP contribution in [0.3, 0.4) is 0 Å². The number of nitrogens with zero attached hydrogens (tertiary/aromatic N) is 2. The van der Waals surface area contributed by atoms with Crippen molar-refractivity contribution in [1.29, 1.82) is 0 Å². The lowest BCUT2D eigenvalue weighted by atomic mass is 9.84. The zero-order valence-electron chi connectivity index (χ0n) is 30.8. The van der Waals surface area contributed by atoms with E-state index in [9.17, 15) is 0 Å². The lowest BCUT2D eigenvalue weighted by Crippen LogP contribution is -2.33. The normalized spacial score (nSPS) is 14.8. The van der Waals surface area contributed by atoms with E-state index in [1.54, 1.807) is 0 Å². The molecule has 1 aliphatic heterocycles. The molecule has 1 atom stereocenters. The maximum Gasteiger partial charge on any atom is 0.175 e. The molecular weight excluding hydrogens is 712 g/mol. The summed E-state index contributed by atoms with van der Waals surface area (Å²) in [5, 5.41) is 12.1. The van der Waals surface area contributed by atoms with Crippen LogP contribution in [0.2, 0.25) is 0 Å². The molecule has 0 saturated carbocycles. The summed E-state index contributed by atoms with van der Waals surface area (Å²) in [5.74, 6) is 0.842. The van der Waals surface area contributed by atoms with Gasteiger partial charge in [0.2, 0.25) is 0 Å². The number of aromatic nitrogens is 2. The summed E-state index contributed by atoms with van der Waals surface area (Å²) in [6, 6.07) is 70.5. The van der Waals surface area contributed by atoms with Gasteiger partial charge in [-0.3, -0.25) is 4.57 Å². The van der Waals surface area contributed by atoms with E-state index in [1.807, 2.05) is 66.7 Å². The third-order valence-electron chi connectivity index (χ3n) is 12.0. The van der Waals surface area contributed by atoms with Gasteiger partial charge in [0, 0.05) is 21.5 Å². The summed E-state index contributed by atoms with van der Waals surface area (Å²) >= 11 is 0. The molecule has 266 valence electrons. The van der Waals surface area contributed by atoms with Crippen LogP contribution in [0.25, 0.3) is 93.5 Å². The second-order valence-electron chi connectivity index (χ2n) is 15.0. The van der Waals surface area contributed by atoms with E-state index in [1.165, 1.54) is 43.4 Å².